The summed E-state index contributed by atoms with van der Waals surface area (Å²) in [5, 5.41) is 5.45. The molecule has 1 N–H and O–H groups in total. The van der Waals surface area contributed by atoms with E-state index in [9.17, 15) is 26.4 Å². The molecule has 0 fully saturated rings. The number of ether oxygens (including phenoxy) is 1. The van der Waals surface area contributed by atoms with Gasteiger partial charge in [-0.25, -0.2) is 13.8 Å². The monoisotopic (exact) mass is 589 g/mol. The Balaban J connectivity index is 1.36. The number of nitrogens with zero attached hydrogens (tertiary/aromatic N) is 2. The lowest BCUT2D eigenvalue weighted by Gasteiger charge is -2.22. The fourth-order valence-corrected chi connectivity index (χ4v) is 4.93. The number of nitrogens with one attached hydrogen (secondary N) is 1. The molecule has 208 valence electrons. The molecule has 4 aromatic rings. The first-order valence-electron chi connectivity index (χ1n) is 11.8. The molecule has 0 spiro atoms. The number of hydrazone groups is 1. The van der Waals surface area contributed by atoms with E-state index in [1.807, 2.05) is 42.5 Å². The summed E-state index contributed by atoms with van der Waals surface area (Å²) in [6.07, 6.45) is -2.70. The van der Waals surface area contributed by atoms with E-state index in [0.717, 1.165) is 34.7 Å². The minimum atomic E-state index is -4.81. The van der Waals surface area contributed by atoms with Gasteiger partial charge in [-0.05, 0) is 64.4 Å². The highest BCUT2D eigenvalue weighted by molar-refractivity contribution is 7.92. The van der Waals surface area contributed by atoms with Crippen LogP contribution in [0.2, 0.25) is 5.02 Å². The molecule has 40 heavy (non-hydrogen) atoms. The van der Waals surface area contributed by atoms with Gasteiger partial charge in [0.05, 0.1) is 28.7 Å². The quantitative estimate of drug-likeness (QED) is 0.191. The number of benzene rings is 4. The van der Waals surface area contributed by atoms with Crippen molar-refractivity contribution in [1.29, 1.82) is 0 Å². The van der Waals surface area contributed by atoms with E-state index in [4.69, 9.17) is 16.3 Å². The molecule has 0 bridgehead atoms. The van der Waals surface area contributed by atoms with Crippen LogP contribution in [0.5, 0.6) is 5.75 Å². The van der Waals surface area contributed by atoms with E-state index in [1.54, 1.807) is 24.3 Å². The Labute approximate surface area is 233 Å². The van der Waals surface area contributed by atoms with Gasteiger partial charge in [0.1, 0.15) is 18.9 Å². The SMILES string of the molecule is CS(=O)(=O)N(CC(=O)N/N=C\c1ccc(OCc2cccc3ccccc23)cc1)c1ccc(Cl)c(C(F)(F)F)c1. The van der Waals surface area contributed by atoms with Crippen molar-refractivity contribution in [3.8, 4) is 5.75 Å². The third-order valence-electron chi connectivity index (χ3n) is 5.79. The summed E-state index contributed by atoms with van der Waals surface area (Å²) >= 11 is 5.61. The van der Waals surface area contributed by atoms with Crippen LogP contribution in [0.4, 0.5) is 18.9 Å². The van der Waals surface area contributed by atoms with Gasteiger partial charge in [-0.15, -0.1) is 0 Å². The summed E-state index contributed by atoms with van der Waals surface area (Å²) < 4.78 is 70.6. The highest BCUT2D eigenvalue weighted by Crippen LogP contribution is 2.37. The molecule has 0 heterocycles. The van der Waals surface area contributed by atoms with Crippen LogP contribution >= 0.6 is 11.6 Å². The van der Waals surface area contributed by atoms with E-state index < -0.39 is 39.2 Å². The van der Waals surface area contributed by atoms with Crippen molar-refractivity contribution in [2.24, 2.45) is 5.10 Å². The molecule has 12 heteroatoms. The van der Waals surface area contributed by atoms with Gasteiger partial charge in [0.2, 0.25) is 10.0 Å². The highest BCUT2D eigenvalue weighted by atomic mass is 35.5. The minimum absolute atomic E-state index is 0.363. The number of fused-ring (bicyclic) bond motifs is 1. The van der Waals surface area contributed by atoms with Gasteiger partial charge in [0, 0.05) is 0 Å². The number of alkyl halides is 3. The lowest BCUT2D eigenvalue weighted by molar-refractivity contribution is -0.137. The maximum atomic E-state index is 13.2. The van der Waals surface area contributed by atoms with Crippen LogP contribution in [0.1, 0.15) is 16.7 Å². The summed E-state index contributed by atoms with van der Waals surface area (Å²) in [7, 11) is -4.11. The summed E-state index contributed by atoms with van der Waals surface area (Å²) in [6.45, 7) is -0.421. The average molecular weight is 590 g/mol. The molecular formula is C28H23ClF3N3O4S. The third kappa shape index (κ3) is 7.30. The molecular weight excluding hydrogens is 567 g/mol. The first kappa shape index (κ1) is 28.9. The van der Waals surface area contributed by atoms with Gasteiger partial charge in [-0.3, -0.25) is 9.10 Å². The fraction of sp³-hybridized carbons (Fsp3) is 0.143. The molecule has 0 atom stereocenters. The topological polar surface area (TPSA) is 88.1 Å². The molecule has 0 aromatic heterocycles. The molecule has 4 rings (SSSR count). The molecule has 1 amide bonds. The number of carbonyl (C=O) groups excluding carboxylic acids is 1. The normalized spacial score (nSPS) is 12.0. The lowest BCUT2D eigenvalue weighted by Crippen LogP contribution is -2.39. The van der Waals surface area contributed by atoms with E-state index in [2.05, 4.69) is 10.5 Å². The minimum Gasteiger partial charge on any atom is -0.489 e. The van der Waals surface area contributed by atoms with Gasteiger partial charge in [-0.1, -0.05) is 54.1 Å². The van der Waals surface area contributed by atoms with E-state index in [-0.39, 0.29) is 5.69 Å². The number of rotatable bonds is 9. The van der Waals surface area contributed by atoms with Crippen molar-refractivity contribution in [3.63, 3.8) is 0 Å². The van der Waals surface area contributed by atoms with Crippen molar-refractivity contribution in [3.05, 3.63) is 107 Å². The Bertz CT molecular complexity index is 1650. The standard InChI is InChI=1S/C28H23ClF3N3O4S/c1-40(37,38)35(22-11-14-26(29)25(15-22)28(30,31)32)17-27(36)34-33-16-19-9-12-23(13-10-19)39-18-21-7-4-6-20-5-2-3-8-24(20)21/h2-16H,17-18H2,1H3,(H,34,36)/b33-16-. The predicted molar refractivity (Wildman–Crippen MR) is 149 cm³/mol. The van der Waals surface area contributed by atoms with Crippen LogP contribution in [0.3, 0.4) is 0 Å². The van der Waals surface area contributed by atoms with Crippen LogP contribution < -0.4 is 14.5 Å². The van der Waals surface area contributed by atoms with Crippen molar-refractivity contribution >= 4 is 50.2 Å². The fourth-order valence-electron chi connectivity index (χ4n) is 3.86. The number of amides is 1. The molecule has 0 aliphatic heterocycles. The highest BCUT2D eigenvalue weighted by Gasteiger charge is 2.34. The second-order valence-corrected chi connectivity index (χ2v) is 11.0. The maximum absolute atomic E-state index is 13.2. The number of carbonyl (C=O) groups is 1. The van der Waals surface area contributed by atoms with E-state index >= 15 is 0 Å². The van der Waals surface area contributed by atoms with Gasteiger partial charge in [0.15, 0.2) is 0 Å². The number of halogens is 4. The van der Waals surface area contributed by atoms with Crippen LogP contribution in [0.25, 0.3) is 10.8 Å². The van der Waals surface area contributed by atoms with Crippen LogP contribution in [-0.4, -0.2) is 33.3 Å². The zero-order chi connectivity index (χ0) is 28.9. The zero-order valence-corrected chi connectivity index (χ0v) is 22.6. The van der Waals surface area contributed by atoms with Crippen molar-refractivity contribution in [2.45, 2.75) is 12.8 Å². The van der Waals surface area contributed by atoms with Gasteiger partial charge in [-0.2, -0.15) is 18.3 Å². The second kappa shape index (κ2) is 12.0. The number of anilines is 1. The van der Waals surface area contributed by atoms with Crippen LogP contribution in [-0.2, 0) is 27.6 Å². The van der Waals surface area contributed by atoms with E-state index in [1.165, 1.54) is 6.21 Å². The number of hydrogen-bond acceptors (Lipinski definition) is 5. The van der Waals surface area contributed by atoms with Crippen molar-refractivity contribution in [2.75, 3.05) is 17.1 Å². The smallest absolute Gasteiger partial charge is 0.417 e. The van der Waals surface area contributed by atoms with Gasteiger partial charge < -0.3 is 4.74 Å². The van der Waals surface area contributed by atoms with Crippen LogP contribution in [0, 0.1) is 0 Å². The van der Waals surface area contributed by atoms with Gasteiger partial charge >= 0.3 is 6.18 Å². The maximum Gasteiger partial charge on any atom is 0.417 e. The number of hydrogen-bond donors (Lipinski definition) is 1. The number of sulfonamides is 1. The summed E-state index contributed by atoms with van der Waals surface area (Å²) in [5.41, 5.74) is 2.26. The zero-order valence-electron chi connectivity index (χ0n) is 21.0. The second-order valence-electron chi connectivity index (χ2n) is 8.72. The first-order chi connectivity index (χ1) is 18.9. The molecule has 0 aliphatic carbocycles. The molecule has 4 aromatic carbocycles. The summed E-state index contributed by atoms with van der Waals surface area (Å²) in [4.78, 5) is 12.4. The molecule has 0 unspecified atom stereocenters. The Kier molecular flexibility index (Phi) is 8.65. The Morgan fingerprint density at radius 2 is 1.73 bits per heavy atom. The molecule has 0 saturated carbocycles. The van der Waals surface area contributed by atoms with Crippen LogP contribution in [0.15, 0.2) is 90.0 Å². The lowest BCUT2D eigenvalue weighted by atomic mass is 10.1. The molecule has 7 nitrogen and oxygen atoms in total. The Morgan fingerprint density at radius 1 is 1.02 bits per heavy atom. The molecule has 0 saturated heterocycles. The first-order valence-corrected chi connectivity index (χ1v) is 14.0. The molecule has 0 aliphatic rings. The summed E-state index contributed by atoms with van der Waals surface area (Å²) in [6, 6.07) is 23.5. The third-order valence-corrected chi connectivity index (χ3v) is 7.26. The van der Waals surface area contributed by atoms with Gasteiger partial charge in [0.25, 0.3) is 5.91 Å². The largest absolute Gasteiger partial charge is 0.489 e. The molecule has 0 radical (unpaired) electrons. The Hall–Kier alpha value is -4.09. The summed E-state index contributed by atoms with van der Waals surface area (Å²) in [5.74, 6) is -0.237. The predicted octanol–water partition coefficient (Wildman–Crippen LogP) is 6.01. The van der Waals surface area contributed by atoms with Crippen molar-refractivity contribution in [1.82, 2.24) is 5.43 Å². The van der Waals surface area contributed by atoms with E-state index in [0.29, 0.717) is 28.3 Å². The van der Waals surface area contributed by atoms with Crippen molar-refractivity contribution < 1.29 is 31.1 Å². The Morgan fingerprint density at radius 3 is 2.42 bits per heavy atom. The average Bonchev–Trinajstić information content (AvgIpc) is 2.90.